The number of anilines is 1. The van der Waals surface area contributed by atoms with Crippen LogP contribution in [0.15, 0.2) is 55.1 Å². The molecule has 1 saturated heterocycles. The maximum absolute atomic E-state index is 14.8. The second-order valence-electron chi connectivity index (χ2n) is 9.25. The van der Waals surface area contributed by atoms with Gasteiger partial charge >= 0.3 is 0 Å². The lowest BCUT2D eigenvalue weighted by atomic mass is 9.92. The lowest BCUT2D eigenvalue weighted by Gasteiger charge is -2.36. The average Bonchev–Trinajstić information content (AvgIpc) is 3.59. The molecule has 5 rings (SSSR count). The van der Waals surface area contributed by atoms with Gasteiger partial charge in [-0.1, -0.05) is 18.2 Å². The Morgan fingerprint density at radius 1 is 1.05 bits per heavy atom. The van der Waals surface area contributed by atoms with Gasteiger partial charge in [0.15, 0.2) is 5.82 Å². The summed E-state index contributed by atoms with van der Waals surface area (Å²) in [4.78, 5) is 8.52. The molecule has 13 heteroatoms. The van der Waals surface area contributed by atoms with Crippen molar-refractivity contribution in [2.75, 3.05) is 44.7 Å². The number of para-hydroxylation sites is 2. The van der Waals surface area contributed by atoms with E-state index in [1.165, 1.54) is 28.1 Å². The molecule has 1 atom stereocenters. The summed E-state index contributed by atoms with van der Waals surface area (Å²) in [6, 6.07) is 11.1. The molecule has 2 aromatic carbocycles. The molecule has 1 fully saturated rings. The monoisotopic (exact) mass is 525 g/mol. The van der Waals surface area contributed by atoms with Crippen molar-refractivity contribution in [1.82, 2.24) is 39.9 Å². The standard InChI is InChI=1S/C25H29F2N9O2/c1-38-23-5-3-2-4-22(23)34-12-10-33(11-13-34)9-8-24-30-31-32-36(24)16-25(37,15-35-18-28-17-29-35)20-7-6-19(26)14-21(20)27/h2-7,14,17-18,37H,8-13,15-16H2,1H3. The van der Waals surface area contributed by atoms with E-state index in [1.54, 1.807) is 7.11 Å². The number of tetrazole rings is 1. The minimum absolute atomic E-state index is 0.0803. The van der Waals surface area contributed by atoms with Crippen molar-refractivity contribution in [3.8, 4) is 5.75 Å². The number of halogens is 2. The number of methoxy groups -OCH3 is 1. The molecule has 0 amide bonds. The first-order valence-electron chi connectivity index (χ1n) is 12.3. The van der Waals surface area contributed by atoms with Gasteiger partial charge < -0.3 is 14.7 Å². The number of rotatable bonds is 10. The minimum Gasteiger partial charge on any atom is -0.495 e. The highest BCUT2D eigenvalue weighted by Gasteiger charge is 2.35. The highest BCUT2D eigenvalue weighted by Crippen LogP contribution is 2.30. The Labute approximate surface area is 218 Å². The van der Waals surface area contributed by atoms with E-state index in [2.05, 4.69) is 41.5 Å². The van der Waals surface area contributed by atoms with Gasteiger partial charge in [-0.05, 0) is 28.6 Å². The van der Waals surface area contributed by atoms with Gasteiger partial charge in [0.1, 0.15) is 35.6 Å². The molecule has 200 valence electrons. The van der Waals surface area contributed by atoms with Crippen LogP contribution < -0.4 is 9.64 Å². The third kappa shape index (κ3) is 5.63. The Morgan fingerprint density at radius 2 is 1.87 bits per heavy atom. The molecule has 38 heavy (non-hydrogen) atoms. The van der Waals surface area contributed by atoms with Gasteiger partial charge in [-0.3, -0.25) is 4.90 Å². The zero-order valence-corrected chi connectivity index (χ0v) is 21.0. The van der Waals surface area contributed by atoms with E-state index in [-0.39, 0.29) is 18.7 Å². The summed E-state index contributed by atoms with van der Waals surface area (Å²) < 4.78 is 36.7. The van der Waals surface area contributed by atoms with E-state index in [0.717, 1.165) is 49.7 Å². The normalized spacial score (nSPS) is 15.9. The fourth-order valence-corrected chi connectivity index (χ4v) is 4.80. The Balaban J connectivity index is 1.26. The van der Waals surface area contributed by atoms with Crippen LogP contribution in [0.3, 0.4) is 0 Å². The Kier molecular flexibility index (Phi) is 7.56. The molecule has 0 spiro atoms. The average molecular weight is 526 g/mol. The molecule has 3 heterocycles. The smallest absolute Gasteiger partial charge is 0.152 e. The molecule has 1 aliphatic rings. The van der Waals surface area contributed by atoms with Gasteiger partial charge in [-0.25, -0.2) is 23.1 Å². The van der Waals surface area contributed by atoms with Crippen molar-refractivity contribution in [2.45, 2.75) is 25.1 Å². The summed E-state index contributed by atoms with van der Waals surface area (Å²) in [6.45, 7) is 3.86. The van der Waals surface area contributed by atoms with Crippen LogP contribution >= 0.6 is 0 Å². The fraction of sp³-hybridized carbons (Fsp3) is 0.400. The van der Waals surface area contributed by atoms with E-state index in [1.807, 2.05) is 18.2 Å². The van der Waals surface area contributed by atoms with E-state index in [9.17, 15) is 13.9 Å². The second kappa shape index (κ2) is 11.2. The summed E-state index contributed by atoms with van der Waals surface area (Å²) >= 11 is 0. The van der Waals surface area contributed by atoms with Gasteiger partial charge in [-0.2, -0.15) is 5.10 Å². The number of aliphatic hydroxyl groups is 1. The molecule has 2 aromatic heterocycles. The Bertz CT molecular complexity index is 1340. The van der Waals surface area contributed by atoms with Gasteiger partial charge in [0.2, 0.25) is 0 Å². The molecular weight excluding hydrogens is 496 g/mol. The van der Waals surface area contributed by atoms with Gasteiger partial charge in [0.05, 0.1) is 25.9 Å². The van der Waals surface area contributed by atoms with Crippen LogP contribution in [0.5, 0.6) is 5.75 Å². The van der Waals surface area contributed by atoms with E-state index >= 15 is 0 Å². The lowest BCUT2D eigenvalue weighted by Crippen LogP contribution is -2.47. The molecule has 1 unspecified atom stereocenters. The van der Waals surface area contributed by atoms with Crippen LogP contribution in [-0.4, -0.2) is 84.8 Å². The van der Waals surface area contributed by atoms with Crippen LogP contribution in [0.4, 0.5) is 14.5 Å². The summed E-state index contributed by atoms with van der Waals surface area (Å²) in [6.07, 6.45) is 3.27. The molecule has 0 aliphatic carbocycles. The molecule has 0 bridgehead atoms. The van der Waals surface area contributed by atoms with Crippen molar-refractivity contribution in [1.29, 1.82) is 0 Å². The van der Waals surface area contributed by atoms with Gasteiger partial charge in [0.25, 0.3) is 0 Å². The molecule has 1 aliphatic heterocycles. The van der Waals surface area contributed by atoms with E-state index in [4.69, 9.17) is 4.74 Å². The van der Waals surface area contributed by atoms with E-state index < -0.39 is 17.2 Å². The molecule has 11 nitrogen and oxygen atoms in total. The fourth-order valence-electron chi connectivity index (χ4n) is 4.80. The molecule has 0 radical (unpaired) electrons. The number of aromatic nitrogens is 7. The van der Waals surface area contributed by atoms with Gasteiger partial charge in [-0.15, -0.1) is 5.10 Å². The number of ether oxygens (including phenoxy) is 1. The van der Waals surface area contributed by atoms with Crippen molar-refractivity contribution in [2.24, 2.45) is 0 Å². The molecule has 1 N–H and O–H groups in total. The first-order valence-corrected chi connectivity index (χ1v) is 12.3. The van der Waals surface area contributed by atoms with Crippen LogP contribution in [0.25, 0.3) is 0 Å². The number of hydrogen-bond donors (Lipinski definition) is 1. The predicted octanol–water partition coefficient (Wildman–Crippen LogP) is 1.50. The molecular formula is C25H29F2N9O2. The van der Waals surface area contributed by atoms with E-state index in [0.29, 0.717) is 18.8 Å². The first kappa shape index (κ1) is 25.7. The third-order valence-corrected chi connectivity index (χ3v) is 6.79. The van der Waals surface area contributed by atoms with Crippen LogP contribution in [-0.2, 0) is 25.1 Å². The summed E-state index contributed by atoms with van der Waals surface area (Å²) in [7, 11) is 1.68. The Morgan fingerprint density at radius 3 is 2.61 bits per heavy atom. The van der Waals surface area contributed by atoms with Crippen LogP contribution in [0, 0.1) is 11.6 Å². The minimum atomic E-state index is -1.81. The van der Waals surface area contributed by atoms with Crippen LogP contribution in [0.2, 0.25) is 0 Å². The maximum Gasteiger partial charge on any atom is 0.152 e. The molecule has 0 saturated carbocycles. The number of piperazine rings is 1. The third-order valence-electron chi connectivity index (χ3n) is 6.79. The summed E-state index contributed by atoms with van der Waals surface area (Å²) in [5.41, 5.74) is -0.808. The topological polar surface area (TPSA) is 110 Å². The summed E-state index contributed by atoms with van der Waals surface area (Å²) in [5, 5.41) is 27.6. The number of nitrogens with zero attached hydrogens (tertiary/aromatic N) is 9. The highest BCUT2D eigenvalue weighted by atomic mass is 19.1. The second-order valence-corrected chi connectivity index (χ2v) is 9.25. The first-order chi connectivity index (χ1) is 18.4. The van der Waals surface area contributed by atoms with Crippen molar-refractivity contribution < 1.29 is 18.6 Å². The molecule has 4 aromatic rings. The zero-order valence-electron chi connectivity index (χ0n) is 21.0. The largest absolute Gasteiger partial charge is 0.495 e. The van der Waals surface area contributed by atoms with Crippen LogP contribution in [0.1, 0.15) is 11.4 Å². The van der Waals surface area contributed by atoms with Crippen molar-refractivity contribution >= 4 is 5.69 Å². The predicted molar refractivity (Wildman–Crippen MR) is 133 cm³/mol. The quantitative estimate of drug-likeness (QED) is 0.329. The SMILES string of the molecule is COc1ccccc1N1CCN(CCc2nnnn2CC(O)(Cn2cncn2)c2ccc(F)cc2F)CC1. The number of hydrogen-bond acceptors (Lipinski definition) is 9. The lowest BCUT2D eigenvalue weighted by molar-refractivity contribution is -0.00975. The zero-order chi connectivity index (χ0) is 26.5. The maximum atomic E-state index is 14.8. The summed E-state index contributed by atoms with van der Waals surface area (Å²) in [5.74, 6) is -0.189. The van der Waals surface area contributed by atoms with Crippen molar-refractivity contribution in [3.63, 3.8) is 0 Å². The van der Waals surface area contributed by atoms with Gasteiger partial charge in [0, 0.05) is 50.8 Å². The Hall–Kier alpha value is -3.97. The number of benzene rings is 2. The van der Waals surface area contributed by atoms with Crippen molar-refractivity contribution in [3.05, 3.63) is 78.1 Å². The highest BCUT2D eigenvalue weighted by molar-refractivity contribution is 5.58.